The van der Waals surface area contributed by atoms with E-state index in [2.05, 4.69) is 0 Å². The molecule has 1 heterocycles. The summed E-state index contributed by atoms with van der Waals surface area (Å²) in [6, 6.07) is 5.23. The Balaban J connectivity index is 1.68. The van der Waals surface area contributed by atoms with E-state index in [0.29, 0.717) is 16.7 Å². The highest BCUT2D eigenvalue weighted by Crippen LogP contribution is 2.52. The smallest absolute Gasteiger partial charge is 0.270 e. The Kier molecular flexibility index (Phi) is 4.97. The van der Waals surface area contributed by atoms with Gasteiger partial charge in [-0.05, 0) is 58.6 Å². The molecule has 2 amide bonds. The van der Waals surface area contributed by atoms with Gasteiger partial charge in [0.25, 0.3) is 5.92 Å². The summed E-state index contributed by atoms with van der Waals surface area (Å²) in [5.74, 6) is -3.72. The molecule has 1 fully saturated rings. The summed E-state index contributed by atoms with van der Waals surface area (Å²) >= 11 is 0. The standard InChI is InChI=1S/C27H24F2N2O3/c1-26(28,29)18-6-2-4-16(12-18)15-31-23(33)10-11-27(25(30)34)19-7-3-5-17-13-20(32)8-9-21(24(27)31)22(17)14-19/h2-9,12-14,24,32H,10-11,15H2,1H3,(H2,30,34). The molecule has 7 heteroatoms. The number of hydrogen-bond acceptors (Lipinski definition) is 3. The number of likely N-dealkylation sites (tertiary alicyclic amines) is 1. The van der Waals surface area contributed by atoms with E-state index >= 15 is 0 Å². The molecule has 0 aromatic heterocycles. The van der Waals surface area contributed by atoms with Crippen LogP contribution in [0.5, 0.6) is 0 Å². The molecule has 1 aromatic rings. The summed E-state index contributed by atoms with van der Waals surface area (Å²) in [6.07, 6.45) is 12.6. The molecule has 3 aliphatic carbocycles. The van der Waals surface area contributed by atoms with E-state index in [1.807, 2.05) is 24.3 Å². The number of primary amides is 1. The Morgan fingerprint density at radius 2 is 2.06 bits per heavy atom. The van der Waals surface area contributed by atoms with Crippen LogP contribution in [-0.2, 0) is 22.1 Å². The molecule has 2 bridgehead atoms. The minimum absolute atomic E-state index is 0.0436. The second-order valence-electron chi connectivity index (χ2n) is 9.20. The maximum Gasteiger partial charge on any atom is 0.270 e. The topological polar surface area (TPSA) is 83.6 Å². The van der Waals surface area contributed by atoms with Crippen molar-refractivity contribution in [1.82, 2.24) is 4.90 Å². The van der Waals surface area contributed by atoms with Gasteiger partial charge in [0.05, 0.1) is 11.5 Å². The average Bonchev–Trinajstić information content (AvgIpc) is 3.05. The number of carbonyl (C=O) groups is 2. The summed E-state index contributed by atoms with van der Waals surface area (Å²) < 4.78 is 27.9. The van der Waals surface area contributed by atoms with Gasteiger partial charge in [0, 0.05) is 25.5 Å². The first-order valence-electron chi connectivity index (χ1n) is 11.1. The third-order valence-electron chi connectivity index (χ3n) is 7.08. The Labute approximate surface area is 195 Å². The number of piperidine rings is 1. The van der Waals surface area contributed by atoms with Gasteiger partial charge in [-0.25, -0.2) is 8.78 Å². The van der Waals surface area contributed by atoms with Crippen molar-refractivity contribution >= 4 is 11.8 Å². The number of halogens is 2. The van der Waals surface area contributed by atoms with Crippen LogP contribution in [0.2, 0.25) is 0 Å². The van der Waals surface area contributed by atoms with E-state index in [1.165, 1.54) is 18.2 Å². The number of nitrogens with two attached hydrogens (primary N) is 1. The highest BCUT2D eigenvalue weighted by molar-refractivity contribution is 5.93. The van der Waals surface area contributed by atoms with E-state index in [0.717, 1.165) is 18.1 Å². The fourth-order valence-corrected chi connectivity index (χ4v) is 5.45. The van der Waals surface area contributed by atoms with Gasteiger partial charge in [-0.2, -0.15) is 0 Å². The molecule has 34 heavy (non-hydrogen) atoms. The number of aliphatic hydroxyl groups is 1. The minimum atomic E-state index is -3.02. The number of allylic oxidation sites excluding steroid dienone is 8. The third-order valence-corrected chi connectivity index (χ3v) is 7.08. The van der Waals surface area contributed by atoms with Crippen molar-refractivity contribution in [3.8, 4) is 0 Å². The second-order valence-corrected chi connectivity index (χ2v) is 9.20. The number of benzene rings is 1. The number of hydrogen-bond donors (Lipinski definition) is 2. The first kappa shape index (κ1) is 22.1. The largest absolute Gasteiger partial charge is 0.508 e. The Hall–Kier alpha value is -3.74. The number of amides is 2. The molecule has 1 aromatic carbocycles. The number of aliphatic hydroxyl groups excluding tert-OH is 1. The summed E-state index contributed by atoms with van der Waals surface area (Å²) in [7, 11) is 0. The summed E-state index contributed by atoms with van der Waals surface area (Å²) in [4.78, 5) is 28.0. The Morgan fingerprint density at radius 1 is 1.26 bits per heavy atom. The van der Waals surface area contributed by atoms with Crippen molar-refractivity contribution in [2.24, 2.45) is 11.1 Å². The van der Waals surface area contributed by atoms with Crippen LogP contribution in [0.1, 0.15) is 30.9 Å². The van der Waals surface area contributed by atoms with Gasteiger partial charge < -0.3 is 15.7 Å². The summed E-state index contributed by atoms with van der Waals surface area (Å²) in [6.45, 7) is 0.875. The van der Waals surface area contributed by atoms with Gasteiger partial charge >= 0.3 is 0 Å². The monoisotopic (exact) mass is 462 g/mol. The van der Waals surface area contributed by atoms with Gasteiger partial charge in [-0.3, -0.25) is 9.59 Å². The SMILES string of the molecule is CC(F)(F)c1cccc(CN2C(=O)CCC3(C(N)=O)C4=CC5=C(C=CC(O)=CC5=CC=C4)C23)c1. The average molecular weight is 462 g/mol. The van der Waals surface area contributed by atoms with E-state index < -0.39 is 23.3 Å². The first-order valence-corrected chi connectivity index (χ1v) is 11.1. The van der Waals surface area contributed by atoms with Crippen LogP contribution in [0.3, 0.4) is 0 Å². The van der Waals surface area contributed by atoms with Gasteiger partial charge in [0.15, 0.2) is 0 Å². The van der Waals surface area contributed by atoms with Crippen molar-refractivity contribution in [3.05, 3.63) is 106 Å². The quantitative estimate of drug-likeness (QED) is 0.691. The first-order chi connectivity index (χ1) is 16.1. The second kappa shape index (κ2) is 7.65. The van der Waals surface area contributed by atoms with Crippen LogP contribution in [0.25, 0.3) is 0 Å². The van der Waals surface area contributed by atoms with Crippen LogP contribution in [0.15, 0.2) is 94.8 Å². The number of carbonyl (C=O) groups excluding carboxylic acids is 2. The minimum Gasteiger partial charge on any atom is -0.508 e. The summed E-state index contributed by atoms with van der Waals surface area (Å²) in [5.41, 5.74) is 8.16. The Morgan fingerprint density at radius 3 is 2.79 bits per heavy atom. The molecule has 5 rings (SSSR count). The van der Waals surface area contributed by atoms with Crippen LogP contribution in [-0.4, -0.2) is 27.9 Å². The number of rotatable bonds is 4. The molecule has 0 saturated carbocycles. The molecule has 2 unspecified atom stereocenters. The van der Waals surface area contributed by atoms with Crippen LogP contribution in [0.4, 0.5) is 8.78 Å². The lowest BCUT2D eigenvalue weighted by atomic mass is 9.61. The molecule has 0 spiro atoms. The lowest BCUT2D eigenvalue weighted by Crippen LogP contribution is -2.61. The predicted octanol–water partition coefficient (Wildman–Crippen LogP) is 4.51. The molecular weight excluding hydrogens is 438 g/mol. The van der Waals surface area contributed by atoms with Gasteiger partial charge in [-0.1, -0.05) is 42.5 Å². The molecular formula is C27H24F2N2O3. The molecule has 5 nitrogen and oxygen atoms in total. The molecule has 4 aliphatic rings. The number of nitrogens with zero attached hydrogens (tertiary/aromatic N) is 1. The van der Waals surface area contributed by atoms with Crippen LogP contribution >= 0.6 is 0 Å². The van der Waals surface area contributed by atoms with Crippen molar-refractivity contribution in [2.75, 3.05) is 0 Å². The van der Waals surface area contributed by atoms with E-state index in [-0.39, 0.29) is 36.6 Å². The van der Waals surface area contributed by atoms with Crippen molar-refractivity contribution in [1.29, 1.82) is 0 Å². The van der Waals surface area contributed by atoms with Crippen LogP contribution < -0.4 is 5.73 Å². The molecule has 3 N–H and O–H groups in total. The zero-order valence-electron chi connectivity index (χ0n) is 18.6. The Bertz CT molecular complexity index is 1290. The van der Waals surface area contributed by atoms with Crippen molar-refractivity contribution in [2.45, 2.75) is 38.3 Å². The lowest BCUT2D eigenvalue weighted by molar-refractivity contribution is -0.146. The van der Waals surface area contributed by atoms with Gasteiger partial charge in [0.2, 0.25) is 11.8 Å². The molecule has 1 aliphatic heterocycles. The van der Waals surface area contributed by atoms with E-state index in [4.69, 9.17) is 5.73 Å². The molecule has 1 saturated heterocycles. The lowest BCUT2D eigenvalue weighted by Gasteiger charge is -2.51. The fraction of sp³-hybridized carbons (Fsp3) is 0.259. The highest BCUT2D eigenvalue weighted by Gasteiger charge is 2.56. The fourth-order valence-electron chi connectivity index (χ4n) is 5.45. The van der Waals surface area contributed by atoms with E-state index in [9.17, 15) is 23.5 Å². The third kappa shape index (κ3) is 3.34. The van der Waals surface area contributed by atoms with Crippen molar-refractivity contribution in [3.63, 3.8) is 0 Å². The normalized spacial score (nSPS) is 25.7. The number of alkyl halides is 2. The zero-order valence-corrected chi connectivity index (χ0v) is 18.6. The maximum atomic E-state index is 14.0. The highest BCUT2D eigenvalue weighted by atomic mass is 19.3. The molecule has 174 valence electrons. The maximum absolute atomic E-state index is 14.0. The van der Waals surface area contributed by atoms with E-state index in [1.54, 1.807) is 29.2 Å². The number of fused-ring (bicyclic) bond motifs is 3. The summed E-state index contributed by atoms with van der Waals surface area (Å²) in [5, 5.41) is 10.3. The zero-order chi connectivity index (χ0) is 24.3. The van der Waals surface area contributed by atoms with Crippen molar-refractivity contribution < 1.29 is 23.5 Å². The van der Waals surface area contributed by atoms with Gasteiger partial charge in [0.1, 0.15) is 5.76 Å². The molecule has 0 radical (unpaired) electrons. The molecule has 2 atom stereocenters. The van der Waals surface area contributed by atoms with Crippen LogP contribution in [0, 0.1) is 5.41 Å². The predicted molar refractivity (Wildman–Crippen MR) is 123 cm³/mol. The van der Waals surface area contributed by atoms with Gasteiger partial charge in [-0.15, -0.1) is 0 Å².